The summed E-state index contributed by atoms with van der Waals surface area (Å²) >= 11 is 36.0. The molecular formula is C10H16Cl6. The minimum Gasteiger partial charge on any atom is -0.125 e. The molecule has 0 nitrogen and oxygen atoms in total. The van der Waals surface area contributed by atoms with Gasteiger partial charge in [-0.1, -0.05) is 19.8 Å². The summed E-state index contributed by atoms with van der Waals surface area (Å²) in [6.07, 6.45) is 2.92. The molecular weight excluding hydrogens is 333 g/mol. The molecule has 0 N–H and O–H groups in total. The van der Waals surface area contributed by atoms with Gasteiger partial charge in [-0.25, -0.2) is 0 Å². The van der Waals surface area contributed by atoms with E-state index in [1.54, 1.807) is 0 Å². The van der Waals surface area contributed by atoms with Crippen molar-refractivity contribution in [2.24, 2.45) is 0 Å². The van der Waals surface area contributed by atoms with Crippen LogP contribution in [-0.4, -0.2) is 32.8 Å². The third-order valence-corrected chi connectivity index (χ3v) is 5.90. The monoisotopic (exact) mass is 346 g/mol. The van der Waals surface area contributed by atoms with Crippen LogP contribution < -0.4 is 0 Å². The molecule has 0 radical (unpaired) electrons. The van der Waals surface area contributed by atoms with Crippen molar-refractivity contribution in [3.05, 3.63) is 0 Å². The van der Waals surface area contributed by atoms with Crippen LogP contribution in [0.5, 0.6) is 0 Å². The van der Waals surface area contributed by atoms with Crippen LogP contribution in [-0.2, 0) is 0 Å². The first kappa shape index (κ1) is 17.7. The second-order valence-corrected chi connectivity index (χ2v) is 6.60. The molecule has 0 aromatic heterocycles. The van der Waals surface area contributed by atoms with Crippen LogP contribution in [0.1, 0.15) is 26.2 Å². The molecule has 0 aromatic rings. The average Bonchev–Trinajstić information content (AvgIpc) is 2.31. The topological polar surface area (TPSA) is 0 Å². The first-order valence-electron chi connectivity index (χ1n) is 5.22. The lowest BCUT2D eigenvalue weighted by Crippen LogP contribution is -2.37. The van der Waals surface area contributed by atoms with Crippen molar-refractivity contribution in [2.45, 2.75) is 53.1 Å². The van der Waals surface area contributed by atoms with Crippen LogP contribution in [0, 0.1) is 0 Å². The number of unbranched alkanes of at least 4 members (excludes halogenated alkanes) is 1. The Kier molecular flexibility index (Phi) is 10.7. The zero-order chi connectivity index (χ0) is 12.7. The highest BCUT2D eigenvalue weighted by Gasteiger charge is 2.33. The number of halogens is 6. The minimum atomic E-state index is -0.482. The zero-order valence-corrected chi connectivity index (χ0v) is 13.5. The SMILES string of the molecule is CCCCC(Cl)C(Cl)C(Cl)C(Cl)C(Cl)CCl. The largest absolute Gasteiger partial charge is 0.125 e. The van der Waals surface area contributed by atoms with Crippen molar-refractivity contribution < 1.29 is 0 Å². The maximum absolute atomic E-state index is 6.16. The highest BCUT2D eigenvalue weighted by Crippen LogP contribution is 2.30. The molecule has 0 amide bonds. The Labute approximate surface area is 128 Å². The van der Waals surface area contributed by atoms with E-state index in [2.05, 4.69) is 6.92 Å². The van der Waals surface area contributed by atoms with E-state index < -0.39 is 21.5 Å². The predicted molar refractivity (Wildman–Crippen MR) is 78.5 cm³/mol. The summed E-state index contributed by atoms with van der Waals surface area (Å²) in [5.41, 5.74) is 0. The molecule has 6 heteroatoms. The van der Waals surface area contributed by atoms with Crippen LogP contribution in [0.4, 0.5) is 0 Å². The minimum absolute atomic E-state index is 0.190. The Morgan fingerprint density at radius 2 is 1.31 bits per heavy atom. The zero-order valence-electron chi connectivity index (χ0n) is 8.98. The summed E-state index contributed by atoms with van der Waals surface area (Å²) in [7, 11) is 0. The van der Waals surface area contributed by atoms with Gasteiger partial charge in [-0.2, -0.15) is 0 Å². The van der Waals surface area contributed by atoms with Crippen LogP contribution in [0.15, 0.2) is 0 Å². The quantitative estimate of drug-likeness (QED) is 0.511. The molecule has 0 saturated heterocycles. The van der Waals surface area contributed by atoms with E-state index in [9.17, 15) is 0 Å². The van der Waals surface area contributed by atoms with Crippen LogP contribution in [0.25, 0.3) is 0 Å². The Bertz CT molecular complexity index is 177. The molecule has 0 aliphatic carbocycles. The first-order chi connectivity index (χ1) is 7.45. The lowest BCUT2D eigenvalue weighted by atomic mass is 10.1. The highest BCUT2D eigenvalue weighted by atomic mass is 35.5. The summed E-state index contributed by atoms with van der Waals surface area (Å²) in [5, 5.41) is -1.95. The van der Waals surface area contributed by atoms with Crippen LogP contribution in [0.3, 0.4) is 0 Å². The highest BCUT2D eigenvalue weighted by molar-refractivity contribution is 6.40. The van der Waals surface area contributed by atoms with Crippen LogP contribution >= 0.6 is 69.6 Å². The van der Waals surface area contributed by atoms with Gasteiger partial charge in [0.2, 0.25) is 0 Å². The van der Waals surface area contributed by atoms with Crippen molar-refractivity contribution in [3.8, 4) is 0 Å². The second kappa shape index (κ2) is 9.64. The molecule has 0 aliphatic rings. The van der Waals surface area contributed by atoms with E-state index in [0.29, 0.717) is 0 Å². The van der Waals surface area contributed by atoms with E-state index in [0.717, 1.165) is 19.3 Å². The standard InChI is InChI=1S/C10H16Cl6/c1-2-3-4-6(12)8(14)10(16)9(15)7(13)5-11/h6-10H,2-5H2,1H3. The van der Waals surface area contributed by atoms with Crippen molar-refractivity contribution >= 4 is 69.6 Å². The van der Waals surface area contributed by atoms with Gasteiger partial charge in [0, 0.05) is 5.88 Å². The molecule has 0 bridgehead atoms. The maximum atomic E-state index is 6.16. The average molecular weight is 349 g/mol. The summed E-state index contributed by atoms with van der Waals surface area (Å²) in [6, 6.07) is 0. The Morgan fingerprint density at radius 1 is 0.812 bits per heavy atom. The molecule has 0 rings (SSSR count). The van der Waals surface area contributed by atoms with Gasteiger partial charge < -0.3 is 0 Å². The van der Waals surface area contributed by atoms with Crippen molar-refractivity contribution in [1.29, 1.82) is 0 Å². The number of alkyl halides is 6. The van der Waals surface area contributed by atoms with Gasteiger partial charge in [0.05, 0.1) is 26.9 Å². The third-order valence-electron chi connectivity index (χ3n) is 2.28. The van der Waals surface area contributed by atoms with Gasteiger partial charge in [-0.15, -0.1) is 69.6 Å². The second-order valence-electron chi connectivity index (χ2n) is 3.66. The molecule has 0 spiro atoms. The van der Waals surface area contributed by atoms with Gasteiger partial charge in [0.25, 0.3) is 0 Å². The summed E-state index contributed by atoms with van der Waals surface area (Å²) in [4.78, 5) is 0. The van der Waals surface area contributed by atoms with E-state index >= 15 is 0 Å². The van der Waals surface area contributed by atoms with Gasteiger partial charge in [-0.05, 0) is 6.42 Å². The lowest BCUT2D eigenvalue weighted by molar-refractivity contribution is 0.610. The molecule has 0 heterocycles. The third kappa shape index (κ3) is 6.07. The van der Waals surface area contributed by atoms with E-state index in [1.165, 1.54) is 0 Å². The molecule has 0 fully saturated rings. The fraction of sp³-hybridized carbons (Fsp3) is 1.00. The summed E-state index contributed by atoms with van der Waals surface area (Å²) < 4.78 is 0. The van der Waals surface area contributed by atoms with Gasteiger partial charge in [0.15, 0.2) is 0 Å². The molecule has 0 saturated carbocycles. The Hall–Kier alpha value is 1.74. The van der Waals surface area contributed by atoms with Crippen molar-refractivity contribution in [1.82, 2.24) is 0 Å². The molecule has 5 atom stereocenters. The molecule has 0 aromatic carbocycles. The fourth-order valence-corrected chi connectivity index (χ4v) is 3.07. The van der Waals surface area contributed by atoms with Crippen molar-refractivity contribution in [2.75, 3.05) is 5.88 Å². The van der Waals surface area contributed by atoms with E-state index in [1.807, 2.05) is 0 Å². The number of hydrogen-bond donors (Lipinski definition) is 0. The Morgan fingerprint density at radius 3 is 1.75 bits per heavy atom. The van der Waals surface area contributed by atoms with Crippen LogP contribution in [0.2, 0.25) is 0 Å². The van der Waals surface area contributed by atoms with Crippen molar-refractivity contribution in [3.63, 3.8) is 0 Å². The van der Waals surface area contributed by atoms with Gasteiger partial charge in [-0.3, -0.25) is 0 Å². The predicted octanol–water partition coefficient (Wildman–Crippen LogP) is 5.45. The lowest BCUT2D eigenvalue weighted by Gasteiger charge is -2.26. The summed E-state index contributed by atoms with van der Waals surface area (Å²) in [6.45, 7) is 2.09. The molecule has 0 aliphatic heterocycles. The maximum Gasteiger partial charge on any atom is 0.0692 e. The van der Waals surface area contributed by atoms with E-state index in [-0.39, 0.29) is 11.3 Å². The number of rotatable bonds is 8. The number of hydrogen-bond acceptors (Lipinski definition) is 0. The fourth-order valence-electron chi connectivity index (χ4n) is 1.22. The molecule has 98 valence electrons. The first-order valence-corrected chi connectivity index (χ1v) is 7.93. The Balaban J connectivity index is 4.19. The molecule has 5 unspecified atom stereocenters. The van der Waals surface area contributed by atoms with Gasteiger partial charge in [0.1, 0.15) is 0 Å². The summed E-state index contributed by atoms with van der Waals surface area (Å²) in [5.74, 6) is 0.241. The normalized spacial score (nSPS) is 21.2. The van der Waals surface area contributed by atoms with Gasteiger partial charge >= 0.3 is 0 Å². The molecule has 16 heavy (non-hydrogen) atoms. The van der Waals surface area contributed by atoms with E-state index in [4.69, 9.17) is 69.6 Å². The smallest absolute Gasteiger partial charge is 0.0692 e.